The Bertz CT molecular complexity index is 565. The van der Waals surface area contributed by atoms with Crippen molar-refractivity contribution in [3.05, 3.63) is 57.2 Å². The summed E-state index contributed by atoms with van der Waals surface area (Å²) >= 11 is 3.37. The van der Waals surface area contributed by atoms with Crippen molar-refractivity contribution in [3.63, 3.8) is 0 Å². The quantitative estimate of drug-likeness (QED) is 0.923. The van der Waals surface area contributed by atoms with Crippen LogP contribution in [0.15, 0.2) is 33.2 Å². The SMILES string of the molecule is CNC(c1cc(Br)ccc1F)c1cc(C)oc1C. The van der Waals surface area contributed by atoms with Crippen LogP contribution in [0.25, 0.3) is 0 Å². The molecule has 1 N–H and O–H groups in total. The first kappa shape index (κ1) is 13.3. The first-order chi connectivity index (χ1) is 8.52. The molecule has 2 nitrogen and oxygen atoms in total. The van der Waals surface area contributed by atoms with E-state index in [-0.39, 0.29) is 11.9 Å². The smallest absolute Gasteiger partial charge is 0.128 e. The van der Waals surface area contributed by atoms with Gasteiger partial charge in [0.15, 0.2) is 0 Å². The fraction of sp³-hybridized carbons (Fsp3) is 0.286. The Balaban J connectivity index is 2.51. The van der Waals surface area contributed by atoms with Gasteiger partial charge in [0.2, 0.25) is 0 Å². The molecule has 0 aliphatic rings. The third kappa shape index (κ3) is 2.49. The predicted molar refractivity (Wildman–Crippen MR) is 73.2 cm³/mol. The Morgan fingerprint density at radius 3 is 2.50 bits per heavy atom. The van der Waals surface area contributed by atoms with Gasteiger partial charge in [0.05, 0.1) is 6.04 Å². The summed E-state index contributed by atoms with van der Waals surface area (Å²) in [5.41, 5.74) is 1.57. The van der Waals surface area contributed by atoms with E-state index in [4.69, 9.17) is 4.42 Å². The van der Waals surface area contributed by atoms with Gasteiger partial charge in [0.25, 0.3) is 0 Å². The van der Waals surface area contributed by atoms with Crippen molar-refractivity contribution in [3.8, 4) is 0 Å². The van der Waals surface area contributed by atoms with E-state index in [9.17, 15) is 4.39 Å². The van der Waals surface area contributed by atoms with Crippen LogP contribution in [0.4, 0.5) is 4.39 Å². The van der Waals surface area contributed by atoms with Crippen LogP contribution in [-0.2, 0) is 0 Å². The van der Waals surface area contributed by atoms with E-state index in [1.54, 1.807) is 12.1 Å². The number of benzene rings is 1. The van der Waals surface area contributed by atoms with Crippen LogP contribution in [0, 0.1) is 19.7 Å². The van der Waals surface area contributed by atoms with Crippen LogP contribution in [0.5, 0.6) is 0 Å². The lowest BCUT2D eigenvalue weighted by atomic mass is 9.98. The van der Waals surface area contributed by atoms with Crippen molar-refractivity contribution in [1.82, 2.24) is 5.32 Å². The molecule has 2 rings (SSSR count). The molecule has 2 aromatic rings. The van der Waals surface area contributed by atoms with E-state index in [1.165, 1.54) is 6.07 Å². The highest BCUT2D eigenvalue weighted by Crippen LogP contribution is 2.30. The minimum Gasteiger partial charge on any atom is -0.466 e. The first-order valence-electron chi connectivity index (χ1n) is 5.72. The average molecular weight is 312 g/mol. The number of halogens is 2. The van der Waals surface area contributed by atoms with Crippen LogP contribution >= 0.6 is 15.9 Å². The molecule has 18 heavy (non-hydrogen) atoms. The standard InChI is InChI=1S/C14H15BrFNO/c1-8-6-11(9(2)18-8)14(17-3)12-7-10(15)4-5-13(12)16/h4-7,14,17H,1-3H3. The van der Waals surface area contributed by atoms with E-state index in [2.05, 4.69) is 21.2 Å². The van der Waals surface area contributed by atoms with Crippen LogP contribution in [-0.4, -0.2) is 7.05 Å². The molecule has 0 radical (unpaired) electrons. The number of furan rings is 1. The summed E-state index contributed by atoms with van der Waals surface area (Å²) in [6.07, 6.45) is 0. The maximum absolute atomic E-state index is 13.9. The molecule has 1 atom stereocenters. The summed E-state index contributed by atoms with van der Waals surface area (Å²) < 4.78 is 20.3. The van der Waals surface area contributed by atoms with Gasteiger partial charge < -0.3 is 9.73 Å². The zero-order chi connectivity index (χ0) is 13.3. The molecule has 0 aliphatic heterocycles. The Kier molecular flexibility index (Phi) is 3.88. The van der Waals surface area contributed by atoms with E-state index in [1.807, 2.05) is 27.0 Å². The number of nitrogens with one attached hydrogen (secondary N) is 1. The molecule has 1 unspecified atom stereocenters. The third-order valence-corrected chi connectivity index (χ3v) is 3.44. The lowest BCUT2D eigenvalue weighted by Crippen LogP contribution is -2.19. The summed E-state index contributed by atoms with van der Waals surface area (Å²) in [7, 11) is 1.81. The van der Waals surface area contributed by atoms with Gasteiger partial charge in [-0.2, -0.15) is 0 Å². The Hall–Kier alpha value is -1.13. The molecule has 0 bridgehead atoms. The van der Waals surface area contributed by atoms with Gasteiger partial charge in [-0.25, -0.2) is 4.39 Å². The molecule has 0 saturated heterocycles. The van der Waals surface area contributed by atoms with Gasteiger partial charge in [-0.3, -0.25) is 0 Å². The lowest BCUT2D eigenvalue weighted by molar-refractivity contribution is 0.495. The van der Waals surface area contributed by atoms with Crippen molar-refractivity contribution in [1.29, 1.82) is 0 Å². The summed E-state index contributed by atoms with van der Waals surface area (Å²) in [6.45, 7) is 3.78. The van der Waals surface area contributed by atoms with E-state index in [0.29, 0.717) is 5.56 Å². The van der Waals surface area contributed by atoms with Gasteiger partial charge in [0.1, 0.15) is 17.3 Å². The molecular formula is C14H15BrFNO. The molecule has 0 amide bonds. The van der Waals surface area contributed by atoms with E-state index in [0.717, 1.165) is 21.6 Å². The lowest BCUT2D eigenvalue weighted by Gasteiger charge is -2.17. The predicted octanol–water partition coefficient (Wildman–Crippen LogP) is 4.11. The average Bonchev–Trinajstić information content (AvgIpc) is 2.64. The van der Waals surface area contributed by atoms with Crippen LogP contribution < -0.4 is 5.32 Å². The van der Waals surface area contributed by atoms with Crippen LogP contribution in [0.2, 0.25) is 0 Å². The van der Waals surface area contributed by atoms with Crippen molar-refractivity contribution < 1.29 is 8.81 Å². The van der Waals surface area contributed by atoms with Crippen molar-refractivity contribution in [2.24, 2.45) is 0 Å². The Morgan fingerprint density at radius 1 is 1.22 bits per heavy atom. The molecule has 1 aromatic carbocycles. The monoisotopic (exact) mass is 311 g/mol. The van der Waals surface area contributed by atoms with Gasteiger partial charge in [-0.1, -0.05) is 15.9 Å². The first-order valence-corrected chi connectivity index (χ1v) is 6.51. The molecule has 0 spiro atoms. The van der Waals surface area contributed by atoms with E-state index >= 15 is 0 Å². The molecule has 1 heterocycles. The van der Waals surface area contributed by atoms with Crippen molar-refractivity contribution in [2.45, 2.75) is 19.9 Å². The molecule has 96 valence electrons. The second-order valence-electron chi connectivity index (χ2n) is 4.26. The van der Waals surface area contributed by atoms with Crippen molar-refractivity contribution >= 4 is 15.9 Å². The third-order valence-electron chi connectivity index (χ3n) is 2.95. The number of hydrogen-bond acceptors (Lipinski definition) is 2. The van der Waals surface area contributed by atoms with Crippen LogP contribution in [0.1, 0.15) is 28.7 Å². The van der Waals surface area contributed by atoms with Gasteiger partial charge >= 0.3 is 0 Å². The fourth-order valence-corrected chi connectivity index (χ4v) is 2.53. The highest BCUT2D eigenvalue weighted by molar-refractivity contribution is 9.10. The second kappa shape index (κ2) is 5.24. The maximum atomic E-state index is 13.9. The highest BCUT2D eigenvalue weighted by atomic mass is 79.9. The van der Waals surface area contributed by atoms with Gasteiger partial charge in [-0.05, 0) is 45.2 Å². The molecule has 0 fully saturated rings. The Labute approximate surface area is 114 Å². The zero-order valence-electron chi connectivity index (χ0n) is 10.6. The minimum absolute atomic E-state index is 0.208. The largest absolute Gasteiger partial charge is 0.466 e. The summed E-state index contributed by atoms with van der Waals surface area (Å²) in [4.78, 5) is 0. The summed E-state index contributed by atoms with van der Waals surface area (Å²) in [5.74, 6) is 1.42. The summed E-state index contributed by atoms with van der Waals surface area (Å²) in [5, 5.41) is 3.14. The Morgan fingerprint density at radius 2 is 1.94 bits per heavy atom. The molecule has 0 aliphatic carbocycles. The normalized spacial score (nSPS) is 12.7. The topological polar surface area (TPSA) is 25.2 Å². The van der Waals surface area contributed by atoms with Crippen LogP contribution in [0.3, 0.4) is 0 Å². The zero-order valence-corrected chi connectivity index (χ0v) is 12.1. The number of aryl methyl sites for hydroxylation is 2. The second-order valence-corrected chi connectivity index (χ2v) is 5.17. The summed E-state index contributed by atoms with van der Waals surface area (Å²) in [6, 6.07) is 6.68. The minimum atomic E-state index is -0.226. The fourth-order valence-electron chi connectivity index (χ4n) is 2.15. The van der Waals surface area contributed by atoms with Gasteiger partial charge in [0, 0.05) is 15.6 Å². The molecule has 4 heteroatoms. The number of rotatable bonds is 3. The van der Waals surface area contributed by atoms with Crippen molar-refractivity contribution in [2.75, 3.05) is 7.05 Å². The molecule has 0 saturated carbocycles. The number of hydrogen-bond donors (Lipinski definition) is 1. The van der Waals surface area contributed by atoms with Gasteiger partial charge in [-0.15, -0.1) is 0 Å². The molecule has 1 aromatic heterocycles. The molecular weight excluding hydrogens is 297 g/mol. The van der Waals surface area contributed by atoms with E-state index < -0.39 is 0 Å². The maximum Gasteiger partial charge on any atom is 0.128 e. The highest BCUT2D eigenvalue weighted by Gasteiger charge is 2.20.